The van der Waals surface area contributed by atoms with E-state index in [1.165, 1.54) is 0 Å². The molecule has 0 unspecified atom stereocenters. The zero-order valence-corrected chi connectivity index (χ0v) is 52.7. The molecule has 0 aliphatic carbocycles. The van der Waals surface area contributed by atoms with Crippen LogP contribution in [0.5, 0.6) is 0 Å². The van der Waals surface area contributed by atoms with Gasteiger partial charge in [0, 0.05) is 90.0 Å². The van der Waals surface area contributed by atoms with Crippen molar-refractivity contribution in [2.45, 2.75) is 217 Å². The van der Waals surface area contributed by atoms with Gasteiger partial charge in [0.2, 0.25) is 18.3 Å². The van der Waals surface area contributed by atoms with Gasteiger partial charge in [-0.1, -0.05) is 34.8 Å². The second-order valence-corrected chi connectivity index (χ2v) is 22.1. The average molecular weight is 1360 g/mol. The first-order valence-electron chi connectivity index (χ1n) is 26.9. The molecule has 35 nitrogen and oxygen atoms in total. The molecule has 38 heteroatoms. The number of carbonyl (C=O) groups excluding carboxylic acids is 13. The summed E-state index contributed by atoms with van der Waals surface area (Å²) >= 11 is 17.7. The SMILES string of the molecule is CC(=O)OC[C@H]1O[C@H](O[C@H]2[C@H](OC(C)=O)[C@@H](OC(C)=O)[C@@H](O[C@H]3[C@H](OC(C)=O)[C@@H](OC(C)=O)[C@@H](O[C@H]4[C@H](OC(C)=O)[C@@H](OC(C)=O)[C@@H](OC(=N)C(Cl)(Cl)Cl)O[C@@H]4COC(C)=O)O[C@@H]3COC(C)=O)O[C@@H]2COC(C)=O)[C@H](OC(C)=O)[C@@H](OC(C)=O)[C@@H]1OC(C)=O. The maximum absolute atomic E-state index is 13.4. The molecule has 4 heterocycles. The van der Waals surface area contributed by atoms with Gasteiger partial charge in [0.15, 0.2) is 67.7 Å². The third-order valence-electron chi connectivity index (χ3n) is 12.3. The van der Waals surface area contributed by atoms with Crippen LogP contribution in [0.2, 0.25) is 0 Å². The summed E-state index contributed by atoms with van der Waals surface area (Å²) in [4.78, 5) is 167. The van der Waals surface area contributed by atoms with Gasteiger partial charge in [0.25, 0.3) is 3.79 Å². The Bertz CT molecular complexity index is 2650. The lowest BCUT2D eigenvalue weighted by molar-refractivity contribution is -0.387. The molecule has 4 aliphatic rings. The summed E-state index contributed by atoms with van der Waals surface area (Å²) in [5.74, 6) is -15.0. The number of nitrogens with one attached hydrogen (secondary N) is 1. The first kappa shape index (κ1) is 75.6. The highest BCUT2D eigenvalue weighted by atomic mass is 35.6. The minimum Gasteiger partial charge on any atom is -0.463 e. The Kier molecular flexibility index (Phi) is 28.6. The molecule has 4 aliphatic heterocycles. The molecule has 0 aromatic heterocycles. The van der Waals surface area contributed by atoms with Crippen LogP contribution in [0.3, 0.4) is 0 Å². The zero-order chi connectivity index (χ0) is 67.8. The molecule has 0 spiro atoms. The molecule has 506 valence electrons. The highest BCUT2D eigenvalue weighted by molar-refractivity contribution is 6.76. The monoisotopic (exact) mass is 1360 g/mol. The molecular formula is C52H68Cl3NO34. The van der Waals surface area contributed by atoms with Crippen molar-refractivity contribution in [1.29, 1.82) is 5.41 Å². The first-order chi connectivity index (χ1) is 41.9. The quantitative estimate of drug-likeness (QED) is 0.0438. The van der Waals surface area contributed by atoms with Crippen LogP contribution < -0.4 is 0 Å². The smallest absolute Gasteiger partial charge is 0.303 e. The number of ether oxygens (including phenoxy) is 21. The highest BCUT2D eigenvalue weighted by Gasteiger charge is 2.62. The lowest BCUT2D eigenvalue weighted by Crippen LogP contribution is -2.69. The number of hydrogen-bond acceptors (Lipinski definition) is 35. The number of hydrogen-bond donors (Lipinski definition) is 1. The van der Waals surface area contributed by atoms with Gasteiger partial charge in [-0.2, -0.15) is 0 Å². The van der Waals surface area contributed by atoms with E-state index in [0.29, 0.717) is 0 Å². The fourth-order valence-corrected chi connectivity index (χ4v) is 9.45. The van der Waals surface area contributed by atoms with Crippen LogP contribution in [0.15, 0.2) is 0 Å². The number of esters is 13. The molecule has 0 bridgehead atoms. The van der Waals surface area contributed by atoms with Crippen LogP contribution in [-0.4, -0.2) is 237 Å². The van der Waals surface area contributed by atoms with Crippen LogP contribution in [0, 0.1) is 5.41 Å². The van der Waals surface area contributed by atoms with E-state index in [0.717, 1.165) is 90.0 Å². The molecule has 0 saturated carbocycles. The maximum atomic E-state index is 13.4. The summed E-state index contributed by atoms with van der Waals surface area (Å²) in [5.41, 5.74) is 0. The summed E-state index contributed by atoms with van der Waals surface area (Å²) < 4.78 is 119. The second-order valence-electron chi connectivity index (χ2n) is 19.8. The Morgan fingerprint density at radius 1 is 0.278 bits per heavy atom. The van der Waals surface area contributed by atoms with Crippen molar-refractivity contribution < 1.29 is 162 Å². The summed E-state index contributed by atoms with van der Waals surface area (Å²) in [6.07, 6.45) is -40.0. The normalized spacial score (nSPS) is 31.4. The van der Waals surface area contributed by atoms with Crippen LogP contribution in [0.4, 0.5) is 0 Å². The van der Waals surface area contributed by atoms with E-state index in [-0.39, 0.29) is 0 Å². The Hall–Kier alpha value is -6.83. The number of carbonyl (C=O) groups is 13. The van der Waals surface area contributed by atoms with E-state index in [4.69, 9.17) is 140 Å². The minimum absolute atomic E-state index is 0.761. The molecule has 0 aromatic carbocycles. The lowest BCUT2D eigenvalue weighted by atomic mass is 9.94. The van der Waals surface area contributed by atoms with E-state index in [9.17, 15) is 62.3 Å². The standard InChI is InChI=1S/C52H68Cl3NO34/c1-18(57)70-14-31-35(74-22(5)61)39(75-23(6)62)43(79-27(10)66)47(83-31)87-36-32(15-71-19(2)58)84-48(44(80-28(11)67)40(36)76-24(7)63)88-37-33(16-72-20(3)59)85-49(45(81-29(12)68)41(37)77-25(8)64)89-38-34(17-73-21(4)60)86-50(90-51(56)52(53,54)55)46(82-30(13)69)42(38)78-26(9)65/h31-50,56H,14-17H2,1-13H3/t31-,32-,33-,34-,35-,36-,37-,38-,39+,40+,41+,42+,43-,44-,45-,46-,47-,48-,49-,50-/m1/s1. The van der Waals surface area contributed by atoms with Crippen LogP contribution in [0.1, 0.15) is 90.0 Å². The van der Waals surface area contributed by atoms with E-state index < -0.39 is 237 Å². The van der Waals surface area contributed by atoms with Crippen molar-refractivity contribution in [3.05, 3.63) is 0 Å². The van der Waals surface area contributed by atoms with Gasteiger partial charge < -0.3 is 99.5 Å². The van der Waals surface area contributed by atoms with Gasteiger partial charge in [-0.25, -0.2) is 0 Å². The molecule has 1 N–H and O–H groups in total. The van der Waals surface area contributed by atoms with E-state index in [1.807, 2.05) is 0 Å². The Balaban J connectivity index is 2.00. The minimum atomic E-state index is -2.59. The number of rotatable bonds is 24. The molecule has 4 rings (SSSR count). The zero-order valence-electron chi connectivity index (χ0n) is 50.4. The van der Waals surface area contributed by atoms with Crippen molar-refractivity contribution in [2.24, 2.45) is 0 Å². The molecule has 4 saturated heterocycles. The van der Waals surface area contributed by atoms with Crippen molar-refractivity contribution in [3.8, 4) is 0 Å². The van der Waals surface area contributed by atoms with E-state index in [2.05, 4.69) is 0 Å². The molecule has 0 aromatic rings. The van der Waals surface area contributed by atoms with Crippen LogP contribution in [0.25, 0.3) is 0 Å². The van der Waals surface area contributed by atoms with E-state index in [1.54, 1.807) is 0 Å². The van der Waals surface area contributed by atoms with Crippen molar-refractivity contribution in [2.75, 3.05) is 26.4 Å². The molecule has 0 radical (unpaired) electrons. The van der Waals surface area contributed by atoms with Crippen molar-refractivity contribution in [3.63, 3.8) is 0 Å². The average Bonchev–Trinajstić information content (AvgIpc) is 0.806. The summed E-state index contributed by atoms with van der Waals surface area (Å²) in [6, 6.07) is 0. The number of alkyl halides is 3. The Labute approximate surface area is 526 Å². The van der Waals surface area contributed by atoms with Crippen LogP contribution >= 0.6 is 34.8 Å². The molecule has 0 amide bonds. The topological polar surface area (TPSA) is 440 Å². The third-order valence-corrected chi connectivity index (χ3v) is 12.8. The highest BCUT2D eigenvalue weighted by Crippen LogP contribution is 2.41. The fourth-order valence-electron chi connectivity index (χ4n) is 9.32. The van der Waals surface area contributed by atoms with E-state index >= 15 is 0 Å². The molecular weight excluding hydrogens is 1290 g/mol. The number of halogens is 3. The molecule has 90 heavy (non-hydrogen) atoms. The predicted molar refractivity (Wildman–Crippen MR) is 285 cm³/mol. The van der Waals surface area contributed by atoms with Gasteiger partial charge in [-0.3, -0.25) is 67.7 Å². The Morgan fingerprint density at radius 3 is 0.689 bits per heavy atom. The summed E-state index contributed by atoms with van der Waals surface area (Å²) in [6.45, 7) is 8.48. The summed E-state index contributed by atoms with van der Waals surface area (Å²) in [5, 5.41) is 8.26. The van der Waals surface area contributed by atoms with Gasteiger partial charge in [0.1, 0.15) is 69.2 Å². The lowest BCUT2D eigenvalue weighted by Gasteiger charge is -2.51. The van der Waals surface area contributed by atoms with Gasteiger partial charge in [0.05, 0.1) is 0 Å². The van der Waals surface area contributed by atoms with Gasteiger partial charge in [-0.05, 0) is 0 Å². The first-order valence-corrected chi connectivity index (χ1v) is 28.0. The van der Waals surface area contributed by atoms with Crippen molar-refractivity contribution in [1.82, 2.24) is 0 Å². The summed E-state index contributed by atoms with van der Waals surface area (Å²) in [7, 11) is 0. The van der Waals surface area contributed by atoms with Gasteiger partial charge in [-0.15, -0.1) is 0 Å². The largest absolute Gasteiger partial charge is 0.463 e. The van der Waals surface area contributed by atoms with Crippen LogP contribution in [-0.2, 0) is 162 Å². The van der Waals surface area contributed by atoms with Gasteiger partial charge >= 0.3 is 77.6 Å². The molecule has 20 atom stereocenters. The predicted octanol–water partition coefficient (Wildman–Crippen LogP) is 0.0434. The fraction of sp³-hybridized carbons (Fsp3) is 0.731. The Morgan fingerprint density at radius 2 is 0.467 bits per heavy atom. The molecule has 4 fully saturated rings. The second kappa shape index (κ2) is 34.0. The third kappa shape index (κ3) is 22.8. The maximum Gasteiger partial charge on any atom is 0.303 e. The van der Waals surface area contributed by atoms with Crippen molar-refractivity contribution >= 4 is 118 Å².